The topological polar surface area (TPSA) is 71.5 Å². The summed E-state index contributed by atoms with van der Waals surface area (Å²) in [6, 6.07) is 10.9. The number of benzene rings is 2. The third-order valence-corrected chi connectivity index (χ3v) is 7.27. The second kappa shape index (κ2) is 8.97. The molecule has 0 fully saturated rings. The highest BCUT2D eigenvalue weighted by atomic mass is 32.2. The zero-order valence-electron chi connectivity index (χ0n) is 17.4. The van der Waals surface area contributed by atoms with Crippen LogP contribution in [0.1, 0.15) is 18.1 Å². The summed E-state index contributed by atoms with van der Waals surface area (Å²) in [5.74, 6) is -1.88. The van der Waals surface area contributed by atoms with Gasteiger partial charge in [-0.2, -0.15) is 0 Å². The molecule has 0 spiro atoms. The van der Waals surface area contributed by atoms with E-state index in [2.05, 4.69) is 14.6 Å². The van der Waals surface area contributed by atoms with Gasteiger partial charge in [0.15, 0.2) is 15.8 Å². The minimum atomic E-state index is -4.49. The van der Waals surface area contributed by atoms with Crippen LogP contribution >= 0.6 is 11.3 Å². The molecular formula is C22H21F2N3O3S2. The van der Waals surface area contributed by atoms with Gasteiger partial charge < -0.3 is 4.74 Å². The fraction of sp³-hybridized carbons (Fsp3) is 0.227. The first kappa shape index (κ1) is 22.4. The standard InChI is InChI=1S/C22H21F2N3O3S2/c1-14-11-27(12-16-6-4-3-5-7-16)13-19(14)30-18-10-17(23)21(20(24)15(18)2)32(28,29)26-22-25-8-9-31-22/h3-10H,11-13H2,1-2H3,(H,25,26). The minimum Gasteiger partial charge on any atom is -0.460 e. The van der Waals surface area contributed by atoms with Gasteiger partial charge in [-0.15, -0.1) is 11.3 Å². The maximum Gasteiger partial charge on any atom is 0.269 e. The van der Waals surface area contributed by atoms with Crippen LogP contribution in [0, 0.1) is 18.6 Å². The van der Waals surface area contributed by atoms with Crippen molar-refractivity contribution in [2.45, 2.75) is 25.3 Å². The Balaban J connectivity index is 1.54. The molecule has 0 atom stereocenters. The molecule has 0 unspecified atom stereocenters. The van der Waals surface area contributed by atoms with Crippen LogP contribution in [0.25, 0.3) is 0 Å². The summed E-state index contributed by atoms with van der Waals surface area (Å²) in [7, 11) is -4.49. The normalized spacial score (nSPS) is 14.8. The lowest BCUT2D eigenvalue weighted by atomic mass is 10.2. The van der Waals surface area contributed by atoms with Gasteiger partial charge in [-0.05, 0) is 25.0 Å². The van der Waals surface area contributed by atoms with E-state index in [0.717, 1.165) is 28.5 Å². The van der Waals surface area contributed by atoms with Crippen LogP contribution in [0.15, 0.2) is 64.2 Å². The molecule has 1 aromatic heterocycles. The molecule has 32 heavy (non-hydrogen) atoms. The van der Waals surface area contributed by atoms with Crippen LogP contribution in [0.4, 0.5) is 13.9 Å². The molecule has 0 saturated heterocycles. The van der Waals surface area contributed by atoms with E-state index in [1.54, 1.807) is 5.38 Å². The summed E-state index contributed by atoms with van der Waals surface area (Å²) < 4.78 is 62.8. The van der Waals surface area contributed by atoms with E-state index >= 15 is 0 Å². The summed E-state index contributed by atoms with van der Waals surface area (Å²) in [6.07, 6.45) is 1.39. The van der Waals surface area contributed by atoms with E-state index in [0.29, 0.717) is 25.4 Å². The van der Waals surface area contributed by atoms with Crippen molar-refractivity contribution in [2.75, 3.05) is 17.8 Å². The third kappa shape index (κ3) is 4.67. The number of ether oxygens (including phenoxy) is 1. The van der Waals surface area contributed by atoms with Crippen molar-refractivity contribution in [3.05, 3.63) is 82.1 Å². The van der Waals surface area contributed by atoms with Crippen LogP contribution in [-0.2, 0) is 16.6 Å². The number of halogens is 2. The van der Waals surface area contributed by atoms with Gasteiger partial charge in [0.2, 0.25) is 0 Å². The summed E-state index contributed by atoms with van der Waals surface area (Å²) in [5.41, 5.74) is 2.01. The van der Waals surface area contributed by atoms with Crippen molar-refractivity contribution in [2.24, 2.45) is 0 Å². The summed E-state index contributed by atoms with van der Waals surface area (Å²) in [5, 5.41) is 1.57. The van der Waals surface area contributed by atoms with Crippen LogP contribution in [0.3, 0.4) is 0 Å². The maximum absolute atomic E-state index is 15.0. The molecule has 1 N–H and O–H groups in total. The highest BCUT2D eigenvalue weighted by Crippen LogP contribution is 2.33. The molecule has 0 amide bonds. The Bertz CT molecular complexity index is 1260. The van der Waals surface area contributed by atoms with Crippen molar-refractivity contribution in [1.29, 1.82) is 0 Å². The second-order valence-electron chi connectivity index (χ2n) is 7.50. The Labute approximate surface area is 189 Å². The van der Waals surface area contributed by atoms with Crippen LogP contribution < -0.4 is 9.46 Å². The quantitative estimate of drug-likeness (QED) is 0.534. The zero-order chi connectivity index (χ0) is 22.9. The van der Waals surface area contributed by atoms with E-state index in [1.807, 2.05) is 37.3 Å². The van der Waals surface area contributed by atoms with E-state index in [-0.39, 0.29) is 16.4 Å². The summed E-state index contributed by atoms with van der Waals surface area (Å²) in [4.78, 5) is 4.88. The first-order valence-electron chi connectivity index (χ1n) is 9.78. The fourth-order valence-corrected chi connectivity index (χ4v) is 5.47. The number of anilines is 1. The molecule has 6 nitrogen and oxygen atoms in total. The SMILES string of the molecule is CC1=C(Oc2cc(F)c(S(=O)(=O)Nc3nccs3)c(F)c2C)CN(Cc2ccccc2)C1. The van der Waals surface area contributed by atoms with E-state index < -0.39 is 26.6 Å². The zero-order valence-corrected chi connectivity index (χ0v) is 19.1. The maximum atomic E-state index is 15.0. The number of sulfonamides is 1. The molecule has 2 aromatic carbocycles. The van der Waals surface area contributed by atoms with Crippen molar-refractivity contribution in [3.8, 4) is 5.75 Å². The Hall–Kier alpha value is -2.82. The Morgan fingerprint density at radius 1 is 1.19 bits per heavy atom. The first-order chi connectivity index (χ1) is 15.2. The van der Waals surface area contributed by atoms with Gasteiger partial charge in [-0.3, -0.25) is 9.62 Å². The van der Waals surface area contributed by atoms with Gasteiger partial charge in [0.1, 0.15) is 17.3 Å². The first-order valence-corrected chi connectivity index (χ1v) is 12.1. The molecule has 3 aromatic rings. The highest BCUT2D eigenvalue weighted by Gasteiger charge is 2.30. The molecule has 2 heterocycles. The molecule has 0 saturated carbocycles. The summed E-state index contributed by atoms with van der Waals surface area (Å²) >= 11 is 1.00. The Morgan fingerprint density at radius 3 is 2.62 bits per heavy atom. The largest absolute Gasteiger partial charge is 0.460 e. The van der Waals surface area contributed by atoms with Gasteiger partial charge in [0, 0.05) is 36.3 Å². The van der Waals surface area contributed by atoms with E-state index in [4.69, 9.17) is 4.74 Å². The van der Waals surface area contributed by atoms with Crippen molar-refractivity contribution in [1.82, 2.24) is 9.88 Å². The number of thiazole rings is 1. The monoisotopic (exact) mass is 477 g/mol. The molecule has 0 bridgehead atoms. The van der Waals surface area contributed by atoms with Crippen molar-refractivity contribution in [3.63, 3.8) is 0 Å². The molecule has 0 aliphatic carbocycles. The van der Waals surface area contributed by atoms with E-state index in [9.17, 15) is 17.2 Å². The number of aromatic nitrogens is 1. The van der Waals surface area contributed by atoms with Crippen LogP contribution in [0.5, 0.6) is 5.75 Å². The van der Waals surface area contributed by atoms with Gasteiger partial charge >= 0.3 is 0 Å². The second-order valence-corrected chi connectivity index (χ2v) is 10.0. The molecule has 4 rings (SSSR count). The lowest BCUT2D eigenvalue weighted by Gasteiger charge is -2.17. The predicted molar refractivity (Wildman–Crippen MR) is 119 cm³/mol. The van der Waals surface area contributed by atoms with Gasteiger partial charge in [-0.1, -0.05) is 30.3 Å². The molecular weight excluding hydrogens is 456 g/mol. The molecule has 0 radical (unpaired) electrons. The molecule has 1 aliphatic rings. The average Bonchev–Trinajstić information content (AvgIpc) is 3.35. The van der Waals surface area contributed by atoms with Gasteiger partial charge in [0.05, 0.1) is 6.54 Å². The Morgan fingerprint density at radius 2 is 1.94 bits per heavy atom. The highest BCUT2D eigenvalue weighted by molar-refractivity contribution is 7.93. The van der Waals surface area contributed by atoms with Crippen LogP contribution in [0.2, 0.25) is 0 Å². The number of hydrogen-bond donors (Lipinski definition) is 1. The number of nitrogens with zero attached hydrogens (tertiary/aromatic N) is 2. The van der Waals surface area contributed by atoms with Crippen molar-refractivity contribution < 1.29 is 21.9 Å². The van der Waals surface area contributed by atoms with Gasteiger partial charge in [0.25, 0.3) is 10.0 Å². The van der Waals surface area contributed by atoms with Crippen LogP contribution in [-0.4, -0.2) is 31.4 Å². The average molecular weight is 478 g/mol. The molecule has 1 aliphatic heterocycles. The molecule has 10 heteroatoms. The number of hydrogen-bond acceptors (Lipinski definition) is 6. The minimum absolute atomic E-state index is 0.0204. The fourth-order valence-electron chi connectivity index (χ4n) is 3.49. The summed E-state index contributed by atoms with van der Waals surface area (Å²) in [6.45, 7) is 5.12. The Kier molecular flexibility index (Phi) is 6.27. The van der Waals surface area contributed by atoms with Gasteiger partial charge in [-0.25, -0.2) is 22.2 Å². The van der Waals surface area contributed by atoms with Crippen molar-refractivity contribution >= 4 is 26.5 Å². The molecule has 168 valence electrons. The lowest BCUT2D eigenvalue weighted by molar-refractivity contribution is 0.300. The lowest BCUT2D eigenvalue weighted by Crippen LogP contribution is -2.21. The third-order valence-electron chi connectivity index (χ3n) is 5.08. The van der Waals surface area contributed by atoms with E-state index in [1.165, 1.54) is 13.1 Å². The predicted octanol–water partition coefficient (Wildman–Crippen LogP) is 4.70. The number of nitrogens with one attached hydrogen (secondary N) is 1. The smallest absolute Gasteiger partial charge is 0.269 e. The number of rotatable bonds is 7.